The van der Waals surface area contributed by atoms with Gasteiger partial charge in [-0.05, 0) is 25.0 Å². The maximum atomic E-state index is 11.0. The fourth-order valence-electron chi connectivity index (χ4n) is 1.49. The molecule has 0 aromatic heterocycles. The lowest BCUT2D eigenvalue weighted by Gasteiger charge is -2.14. The maximum absolute atomic E-state index is 11.0. The van der Waals surface area contributed by atoms with Crippen LogP contribution in [-0.2, 0) is 4.79 Å². The predicted molar refractivity (Wildman–Crippen MR) is 67.7 cm³/mol. The molecule has 0 bridgehead atoms. The van der Waals surface area contributed by atoms with Gasteiger partial charge in [0.05, 0.1) is 4.92 Å². The summed E-state index contributed by atoms with van der Waals surface area (Å²) in [5, 5.41) is 22.5. The fraction of sp³-hybridized carbons (Fsp3) is 0.250. The van der Waals surface area contributed by atoms with Crippen LogP contribution in [0, 0.1) is 17.0 Å². The first kappa shape index (κ1) is 13.7. The minimum atomic E-state index is -1.08. The second-order valence-corrected chi connectivity index (χ2v) is 3.84. The molecule has 0 spiro atoms. The second-order valence-electron chi connectivity index (χ2n) is 3.84. The molecule has 1 atom stereocenters. The summed E-state index contributed by atoms with van der Waals surface area (Å²) >= 11 is 0. The number of nitro benzene ring substituents is 1. The van der Waals surface area contributed by atoms with E-state index in [1.807, 2.05) is 0 Å². The standard InChI is InChI=1S/C12H14N2O4/c1-3-4-10(12(15)16)13-9-6-5-8(2)7-11(9)14(17)18/h3,5-7,10,13H,1,4H2,2H3,(H,15,16). The smallest absolute Gasteiger partial charge is 0.326 e. The number of hydrogen-bond donors (Lipinski definition) is 2. The van der Waals surface area contributed by atoms with Crippen molar-refractivity contribution < 1.29 is 14.8 Å². The molecule has 0 radical (unpaired) electrons. The van der Waals surface area contributed by atoms with Crippen molar-refractivity contribution in [1.82, 2.24) is 0 Å². The second kappa shape index (κ2) is 5.81. The number of rotatable bonds is 6. The van der Waals surface area contributed by atoms with Gasteiger partial charge in [0.2, 0.25) is 0 Å². The highest BCUT2D eigenvalue weighted by atomic mass is 16.6. The van der Waals surface area contributed by atoms with Crippen LogP contribution in [0.2, 0.25) is 0 Å². The number of aryl methyl sites for hydroxylation is 1. The van der Waals surface area contributed by atoms with Crippen molar-refractivity contribution in [2.75, 3.05) is 5.32 Å². The Balaban J connectivity index is 3.05. The van der Waals surface area contributed by atoms with E-state index in [1.54, 1.807) is 13.0 Å². The third-order valence-corrected chi connectivity index (χ3v) is 2.38. The molecule has 0 fully saturated rings. The Labute approximate surface area is 104 Å². The summed E-state index contributed by atoms with van der Waals surface area (Å²) in [7, 11) is 0. The molecule has 6 heteroatoms. The minimum Gasteiger partial charge on any atom is -0.480 e. The van der Waals surface area contributed by atoms with Gasteiger partial charge >= 0.3 is 5.97 Å². The number of carboxylic acids is 1. The third kappa shape index (κ3) is 3.31. The molecular formula is C12H14N2O4. The lowest BCUT2D eigenvalue weighted by Crippen LogP contribution is -2.28. The molecule has 1 aromatic rings. The summed E-state index contributed by atoms with van der Waals surface area (Å²) in [5.74, 6) is -1.08. The van der Waals surface area contributed by atoms with E-state index in [2.05, 4.69) is 11.9 Å². The highest BCUT2D eigenvalue weighted by Crippen LogP contribution is 2.26. The topological polar surface area (TPSA) is 92.5 Å². The molecule has 1 rings (SSSR count). The number of carbonyl (C=O) groups is 1. The van der Waals surface area contributed by atoms with Crippen LogP contribution in [0.3, 0.4) is 0 Å². The zero-order valence-electron chi connectivity index (χ0n) is 9.92. The van der Waals surface area contributed by atoms with Crippen molar-refractivity contribution in [3.8, 4) is 0 Å². The average Bonchev–Trinajstić information content (AvgIpc) is 2.30. The number of benzene rings is 1. The van der Waals surface area contributed by atoms with Crippen LogP contribution >= 0.6 is 0 Å². The van der Waals surface area contributed by atoms with Crippen molar-refractivity contribution in [3.05, 3.63) is 46.5 Å². The van der Waals surface area contributed by atoms with Crippen LogP contribution in [0.4, 0.5) is 11.4 Å². The van der Waals surface area contributed by atoms with E-state index in [9.17, 15) is 14.9 Å². The SMILES string of the molecule is C=CCC(Nc1ccc(C)cc1[N+](=O)[O-])C(=O)O. The highest BCUT2D eigenvalue weighted by molar-refractivity contribution is 5.79. The molecule has 0 aliphatic carbocycles. The number of aliphatic carboxylic acids is 1. The van der Waals surface area contributed by atoms with Gasteiger partial charge in [-0.25, -0.2) is 4.79 Å². The Morgan fingerprint density at radius 3 is 2.83 bits per heavy atom. The van der Waals surface area contributed by atoms with E-state index in [-0.39, 0.29) is 17.8 Å². The number of nitrogens with one attached hydrogen (secondary N) is 1. The quantitative estimate of drug-likeness (QED) is 0.459. The van der Waals surface area contributed by atoms with E-state index in [1.165, 1.54) is 18.2 Å². The Morgan fingerprint density at radius 1 is 1.67 bits per heavy atom. The van der Waals surface area contributed by atoms with E-state index in [4.69, 9.17) is 5.11 Å². The summed E-state index contributed by atoms with van der Waals surface area (Å²) < 4.78 is 0. The summed E-state index contributed by atoms with van der Waals surface area (Å²) in [5.41, 5.74) is 0.799. The first-order valence-corrected chi connectivity index (χ1v) is 5.31. The Morgan fingerprint density at radius 2 is 2.33 bits per heavy atom. The van der Waals surface area contributed by atoms with Gasteiger partial charge in [-0.15, -0.1) is 6.58 Å². The van der Waals surface area contributed by atoms with Crippen molar-refractivity contribution in [2.24, 2.45) is 0 Å². The van der Waals surface area contributed by atoms with Gasteiger partial charge in [-0.2, -0.15) is 0 Å². The summed E-state index contributed by atoms with van der Waals surface area (Å²) in [6.07, 6.45) is 1.63. The maximum Gasteiger partial charge on any atom is 0.326 e. The number of carboxylic acid groups (broad SMARTS) is 1. The van der Waals surface area contributed by atoms with Crippen LogP contribution in [-0.4, -0.2) is 22.0 Å². The van der Waals surface area contributed by atoms with Crippen molar-refractivity contribution in [3.63, 3.8) is 0 Å². The minimum absolute atomic E-state index is 0.134. The zero-order valence-corrected chi connectivity index (χ0v) is 9.92. The van der Waals surface area contributed by atoms with Crippen LogP contribution in [0.1, 0.15) is 12.0 Å². The largest absolute Gasteiger partial charge is 0.480 e. The third-order valence-electron chi connectivity index (χ3n) is 2.38. The lowest BCUT2D eigenvalue weighted by molar-refractivity contribution is -0.384. The van der Waals surface area contributed by atoms with E-state index in [0.717, 1.165) is 5.56 Å². The van der Waals surface area contributed by atoms with Gasteiger partial charge in [-0.1, -0.05) is 12.1 Å². The van der Waals surface area contributed by atoms with Crippen LogP contribution in [0.5, 0.6) is 0 Å². The van der Waals surface area contributed by atoms with Gasteiger partial charge in [0.25, 0.3) is 5.69 Å². The molecule has 18 heavy (non-hydrogen) atoms. The number of nitrogens with zero attached hydrogens (tertiary/aromatic N) is 1. The van der Waals surface area contributed by atoms with E-state index >= 15 is 0 Å². The Kier molecular flexibility index (Phi) is 4.42. The summed E-state index contributed by atoms with van der Waals surface area (Å²) in [6, 6.07) is 3.66. The zero-order chi connectivity index (χ0) is 13.7. The summed E-state index contributed by atoms with van der Waals surface area (Å²) in [4.78, 5) is 21.3. The monoisotopic (exact) mass is 250 g/mol. The van der Waals surface area contributed by atoms with Gasteiger partial charge in [-0.3, -0.25) is 10.1 Å². The number of nitro groups is 1. The van der Waals surface area contributed by atoms with Crippen molar-refractivity contribution in [1.29, 1.82) is 0 Å². The van der Waals surface area contributed by atoms with E-state index < -0.39 is 16.9 Å². The fourth-order valence-corrected chi connectivity index (χ4v) is 1.49. The predicted octanol–water partition coefficient (Wildman–Crippen LogP) is 2.34. The normalized spacial score (nSPS) is 11.6. The average molecular weight is 250 g/mol. The number of hydrogen-bond acceptors (Lipinski definition) is 4. The molecular weight excluding hydrogens is 236 g/mol. The summed E-state index contributed by atoms with van der Waals surface area (Å²) in [6.45, 7) is 5.19. The molecule has 1 unspecified atom stereocenters. The molecule has 0 saturated carbocycles. The molecule has 1 aromatic carbocycles. The van der Waals surface area contributed by atoms with Gasteiger partial charge in [0.1, 0.15) is 11.7 Å². The number of anilines is 1. The van der Waals surface area contributed by atoms with Gasteiger partial charge in [0, 0.05) is 6.07 Å². The molecule has 2 N–H and O–H groups in total. The Hall–Kier alpha value is -2.37. The lowest BCUT2D eigenvalue weighted by atomic mass is 10.1. The van der Waals surface area contributed by atoms with Crippen LogP contribution in [0.25, 0.3) is 0 Å². The molecule has 0 aliphatic rings. The molecule has 6 nitrogen and oxygen atoms in total. The van der Waals surface area contributed by atoms with Crippen molar-refractivity contribution in [2.45, 2.75) is 19.4 Å². The van der Waals surface area contributed by atoms with E-state index in [0.29, 0.717) is 0 Å². The Bertz CT molecular complexity index is 485. The molecule has 0 amide bonds. The molecule has 0 heterocycles. The van der Waals surface area contributed by atoms with Crippen LogP contribution < -0.4 is 5.32 Å². The molecule has 0 saturated heterocycles. The van der Waals surface area contributed by atoms with Gasteiger partial charge < -0.3 is 10.4 Å². The first-order valence-electron chi connectivity index (χ1n) is 5.31. The van der Waals surface area contributed by atoms with Crippen molar-refractivity contribution >= 4 is 17.3 Å². The molecule has 0 aliphatic heterocycles. The highest BCUT2D eigenvalue weighted by Gasteiger charge is 2.20. The molecule has 96 valence electrons. The van der Waals surface area contributed by atoms with Gasteiger partial charge in [0.15, 0.2) is 0 Å². The first-order chi connectivity index (χ1) is 8.45. The van der Waals surface area contributed by atoms with Crippen LogP contribution in [0.15, 0.2) is 30.9 Å².